The molecular weight excluding hydrogens is 382 g/mol. The van der Waals surface area contributed by atoms with Crippen molar-refractivity contribution >= 4 is 12.0 Å². The summed E-state index contributed by atoms with van der Waals surface area (Å²) in [5.41, 5.74) is 0.632. The number of methoxy groups -OCH3 is 1. The fourth-order valence-electron chi connectivity index (χ4n) is 5.43. The maximum atomic E-state index is 12.7. The zero-order chi connectivity index (χ0) is 21.1. The first-order valence-electron chi connectivity index (χ1n) is 11.2. The van der Waals surface area contributed by atoms with Crippen molar-refractivity contribution in [1.82, 2.24) is 15.1 Å². The zero-order valence-electron chi connectivity index (χ0n) is 18.0. The molecule has 3 heterocycles. The predicted octanol–water partition coefficient (Wildman–Crippen LogP) is 3.04. The van der Waals surface area contributed by atoms with Crippen molar-refractivity contribution in [3.8, 4) is 5.75 Å². The highest BCUT2D eigenvalue weighted by Gasteiger charge is 2.45. The molecule has 7 heteroatoms. The molecule has 0 saturated carbocycles. The molecule has 0 spiro atoms. The minimum absolute atomic E-state index is 0.0436. The number of likely N-dealkylation sites (tertiary alicyclic amines) is 1. The number of fused-ring (bicyclic) bond motifs is 2. The first kappa shape index (κ1) is 21.0. The summed E-state index contributed by atoms with van der Waals surface area (Å²) in [5, 5.41) is 3.22. The zero-order valence-corrected chi connectivity index (χ0v) is 18.0. The molecule has 3 saturated heterocycles. The van der Waals surface area contributed by atoms with E-state index in [-0.39, 0.29) is 18.0 Å². The van der Waals surface area contributed by atoms with Crippen molar-refractivity contribution in [3.05, 3.63) is 29.8 Å². The third-order valence-electron chi connectivity index (χ3n) is 6.82. The van der Waals surface area contributed by atoms with Gasteiger partial charge in [-0.25, -0.2) is 4.79 Å². The van der Waals surface area contributed by atoms with E-state index in [1.54, 1.807) is 13.2 Å². The van der Waals surface area contributed by atoms with E-state index in [4.69, 9.17) is 9.47 Å². The molecule has 2 bridgehead atoms. The lowest BCUT2D eigenvalue weighted by Gasteiger charge is -2.45. The highest BCUT2D eigenvalue weighted by molar-refractivity contribution is 5.94. The van der Waals surface area contributed by atoms with Gasteiger partial charge in [0.05, 0.1) is 13.7 Å². The van der Waals surface area contributed by atoms with Gasteiger partial charge in [-0.3, -0.25) is 9.69 Å². The Balaban J connectivity index is 1.34. The number of carbonyl (C=O) groups is 2. The Morgan fingerprint density at radius 2 is 1.90 bits per heavy atom. The highest BCUT2D eigenvalue weighted by Crippen LogP contribution is 2.38. The number of nitrogens with zero attached hydrogens (tertiary/aromatic N) is 2. The van der Waals surface area contributed by atoms with Crippen LogP contribution >= 0.6 is 0 Å². The molecule has 4 rings (SSSR count). The van der Waals surface area contributed by atoms with E-state index < -0.39 is 0 Å². The average molecular weight is 416 g/mol. The molecule has 1 aromatic rings. The minimum Gasteiger partial charge on any atom is -0.497 e. The molecule has 3 aliphatic rings. The van der Waals surface area contributed by atoms with Crippen molar-refractivity contribution in [2.75, 3.05) is 26.8 Å². The summed E-state index contributed by atoms with van der Waals surface area (Å²) in [7, 11) is 1.61. The molecule has 7 nitrogen and oxygen atoms in total. The second kappa shape index (κ2) is 9.25. The number of carbonyl (C=O) groups excluding carboxylic acids is 2. The molecule has 0 aromatic heterocycles. The van der Waals surface area contributed by atoms with Crippen LogP contribution in [0.25, 0.3) is 0 Å². The summed E-state index contributed by atoms with van der Waals surface area (Å²) in [6, 6.07) is 8.49. The van der Waals surface area contributed by atoms with Crippen molar-refractivity contribution in [3.63, 3.8) is 0 Å². The molecular formula is C23H33N3O4. The van der Waals surface area contributed by atoms with Crippen LogP contribution in [-0.4, -0.2) is 72.8 Å². The third kappa shape index (κ3) is 4.41. The van der Waals surface area contributed by atoms with Gasteiger partial charge in [-0.15, -0.1) is 0 Å². The van der Waals surface area contributed by atoms with Crippen LogP contribution in [0.15, 0.2) is 24.3 Å². The number of benzene rings is 1. The second-order valence-corrected chi connectivity index (χ2v) is 8.66. The Kier molecular flexibility index (Phi) is 6.46. The van der Waals surface area contributed by atoms with E-state index in [1.165, 1.54) is 0 Å². The summed E-state index contributed by atoms with van der Waals surface area (Å²) in [4.78, 5) is 29.6. The molecule has 30 heavy (non-hydrogen) atoms. The number of ether oxygens (including phenoxy) is 2. The molecule has 1 aromatic carbocycles. The summed E-state index contributed by atoms with van der Waals surface area (Å²) in [6.07, 6.45) is 6.09. The molecule has 0 radical (unpaired) electrons. The van der Waals surface area contributed by atoms with Crippen molar-refractivity contribution in [1.29, 1.82) is 0 Å². The standard InChI is InChI=1S/C23H33N3O4/c1-3-30-23(28)26-18-9-10-19(26)14-20(13-18)25-11-5-7-17(15-25)24-22(27)16-6-4-8-21(12-16)29-2/h4,6,8,12,17-20H,3,5,7,9-11,13-15H2,1-2H3,(H,24,27)/t17-,18?,19?,20?/m1/s1. The molecule has 3 atom stereocenters. The van der Waals surface area contributed by atoms with Gasteiger partial charge in [0.25, 0.3) is 5.91 Å². The Morgan fingerprint density at radius 3 is 2.60 bits per heavy atom. The lowest BCUT2D eigenvalue weighted by Crippen LogP contribution is -2.56. The van der Waals surface area contributed by atoms with Crippen LogP contribution < -0.4 is 10.1 Å². The molecule has 1 N–H and O–H groups in total. The van der Waals surface area contributed by atoms with Crippen molar-refractivity contribution < 1.29 is 19.1 Å². The Hall–Kier alpha value is -2.28. The van der Waals surface area contributed by atoms with E-state index in [1.807, 2.05) is 30.0 Å². The smallest absolute Gasteiger partial charge is 0.410 e. The van der Waals surface area contributed by atoms with Crippen molar-refractivity contribution in [2.24, 2.45) is 0 Å². The molecule has 164 valence electrons. The van der Waals surface area contributed by atoms with Gasteiger partial charge in [-0.1, -0.05) is 6.07 Å². The third-order valence-corrected chi connectivity index (χ3v) is 6.82. The van der Waals surface area contributed by atoms with Crippen LogP contribution in [0.4, 0.5) is 4.79 Å². The number of nitrogens with one attached hydrogen (secondary N) is 1. The molecule has 3 aliphatic heterocycles. The normalized spacial score (nSPS) is 28.8. The monoisotopic (exact) mass is 415 g/mol. The Labute approximate surface area is 178 Å². The topological polar surface area (TPSA) is 71.1 Å². The lowest BCUT2D eigenvalue weighted by molar-refractivity contribution is 0.0309. The summed E-state index contributed by atoms with van der Waals surface area (Å²) < 4.78 is 10.5. The van der Waals surface area contributed by atoms with E-state index in [2.05, 4.69) is 10.2 Å². The van der Waals surface area contributed by atoms with Crippen LogP contribution in [0.1, 0.15) is 55.8 Å². The molecule has 0 aliphatic carbocycles. The predicted molar refractivity (Wildman–Crippen MR) is 114 cm³/mol. The van der Waals surface area contributed by atoms with E-state index in [9.17, 15) is 9.59 Å². The van der Waals surface area contributed by atoms with Crippen LogP contribution in [0.5, 0.6) is 5.75 Å². The summed E-state index contributed by atoms with van der Waals surface area (Å²) in [5.74, 6) is 0.648. The largest absolute Gasteiger partial charge is 0.497 e. The maximum absolute atomic E-state index is 12.7. The van der Waals surface area contributed by atoms with Gasteiger partial charge in [0.2, 0.25) is 0 Å². The van der Waals surface area contributed by atoms with Crippen LogP contribution in [-0.2, 0) is 4.74 Å². The minimum atomic E-state index is -0.148. The van der Waals surface area contributed by atoms with Gasteiger partial charge in [0, 0.05) is 36.3 Å². The first-order valence-corrected chi connectivity index (χ1v) is 11.2. The average Bonchev–Trinajstić information content (AvgIpc) is 3.03. The summed E-state index contributed by atoms with van der Waals surface area (Å²) >= 11 is 0. The van der Waals surface area contributed by atoms with Gasteiger partial charge < -0.3 is 19.7 Å². The molecule has 2 unspecified atom stereocenters. The number of hydrogen-bond acceptors (Lipinski definition) is 5. The van der Waals surface area contributed by atoms with Gasteiger partial charge in [0.1, 0.15) is 5.75 Å². The maximum Gasteiger partial charge on any atom is 0.410 e. The SMILES string of the molecule is CCOC(=O)N1C2CCC1CC(N1CCC[C@@H](NC(=O)c3cccc(OC)c3)C1)C2. The lowest BCUT2D eigenvalue weighted by atomic mass is 9.93. The number of amides is 2. The fraction of sp³-hybridized carbons (Fsp3) is 0.652. The van der Waals surface area contributed by atoms with E-state index >= 15 is 0 Å². The van der Waals surface area contributed by atoms with Crippen LogP contribution in [0.2, 0.25) is 0 Å². The number of piperidine rings is 2. The van der Waals surface area contributed by atoms with E-state index in [0.717, 1.165) is 51.6 Å². The van der Waals surface area contributed by atoms with Gasteiger partial charge in [-0.2, -0.15) is 0 Å². The fourth-order valence-corrected chi connectivity index (χ4v) is 5.43. The Morgan fingerprint density at radius 1 is 1.13 bits per heavy atom. The van der Waals surface area contributed by atoms with Gasteiger partial charge >= 0.3 is 6.09 Å². The van der Waals surface area contributed by atoms with Gasteiger partial charge in [-0.05, 0) is 70.2 Å². The first-order chi connectivity index (χ1) is 14.6. The highest BCUT2D eigenvalue weighted by atomic mass is 16.6. The second-order valence-electron chi connectivity index (χ2n) is 8.66. The number of hydrogen-bond donors (Lipinski definition) is 1. The molecule has 3 fully saturated rings. The van der Waals surface area contributed by atoms with E-state index in [0.29, 0.717) is 36.0 Å². The quantitative estimate of drug-likeness (QED) is 0.800. The van der Waals surface area contributed by atoms with Crippen LogP contribution in [0, 0.1) is 0 Å². The number of rotatable bonds is 5. The molecule has 2 amide bonds. The summed E-state index contributed by atoms with van der Waals surface area (Å²) in [6.45, 7) is 4.23. The van der Waals surface area contributed by atoms with Crippen LogP contribution in [0.3, 0.4) is 0 Å². The Bertz CT molecular complexity index is 757. The van der Waals surface area contributed by atoms with Gasteiger partial charge in [0.15, 0.2) is 0 Å². The van der Waals surface area contributed by atoms with Crippen molar-refractivity contribution in [2.45, 2.75) is 69.6 Å².